The minimum Gasteiger partial charge on any atom is -0.508 e. The van der Waals surface area contributed by atoms with Crippen molar-refractivity contribution in [1.82, 2.24) is 0 Å². The Hall–Kier alpha value is -2.32. The molecule has 0 aliphatic rings. The Morgan fingerprint density at radius 2 is 1.74 bits per heavy atom. The van der Waals surface area contributed by atoms with Crippen molar-refractivity contribution < 1.29 is 24.5 Å². The first kappa shape index (κ1) is 21.0. The lowest BCUT2D eigenvalue weighted by Gasteiger charge is -2.23. The van der Waals surface area contributed by atoms with Crippen LogP contribution in [0, 0.1) is 5.92 Å². The number of hydrogen-bond acceptors (Lipinski definition) is 4. The molecule has 0 bridgehead atoms. The molecule has 0 aliphatic heterocycles. The molecule has 0 aliphatic carbocycles. The molecule has 1 amide bonds. The summed E-state index contributed by atoms with van der Waals surface area (Å²) in [7, 11) is 0. The molecule has 0 radical (unpaired) electrons. The van der Waals surface area contributed by atoms with Crippen molar-refractivity contribution in [2.75, 3.05) is 5.32 Å². The highest BCUT2D eigenvalue weighted by atomic mass is 79.9. The van der Waals surface area contributed by atoms with Crippen LogP contribution in [0.25, 0.3) is 0 Å². The summed E-state index contributed by atoms with van der Waals surface area (Å²) < 4.78 is 7.07. The first-order valence-electron chi connectivity index (χ1n) is 7.89. The smallest absolute Gasteiger partial charge is 0.412 e. The molecule has 2 atom stereocenters. The Kier molecular flexibility index (Phi) is 7.44. The van der Waals surface area contributed by atoms with Gasteiger partial charge in [-0.25, -0.2) is 9.59 Å². The van der Waals surface area contributed by atoms with Gasteiger partial charge in [0.15, 0.2) is 0 Å². The Balaban J connectivity index is 2.25. The molecule has 8 heteroatoms. The van der Waals surface area contributed by atoms with Crippen LogP contribution in [0.1, 0.15) is 18.6 Å². The van der Waals surface area contributed by atoms with E-state index in [4.69, 9.17) is 9.84 Å². The first-order valence-corrected chi connectivity index (χ1v) is 9.47. The number of nitrogens with one attached hydrogen (secondary N) is 1. The Morgan fingerprint density at radius 1 is 1.11 bits per heavy atom. The second kappa shape index (κ2) is 9.57. The number of carboxylic acids is 1. The zero-order valence-corrected chi connectivity index (χ0v) is 17.4. The lowest BCUT2D eigenvalue weighted by Crippen LogP contribution is -2.21. The number of carbonyl (C=O) groups excluding carboxylic acids is 1. The van der Waals surface area contributed by atoms with Gasteiger partial charge >= 0.3 is 12.1 Å². The highest BCUT2D eigenvalue weighted by Crippen LogP contribution is 2.35. The highest BCUT2D eigenvalue weighted by Gasteiger charge is 2.25. The fraction of sp³-hybridized carbons (Fsp3) is 0.158. The number of halogens is 2. The second-order valence-electron chi connectivity index (χ2n) is 5.72. The average Bonchev–Trinajstić information content (AvgIpc) is 2.62. The first-order chi connectivity index (χ1) is 12.8. The Labute approximate surface area is 173 Å². The van der Waals surface area contributed by atoms with Crippen LogP contribution in [0.15, 0.2) is 63.6 Å². The molecule has 27 heavy (non-hydrogen) atoms. The molecule has 2 aromatic carbocycles. The van der Waals surface area contributed by atoms with Gasteiger partial charge in [-0.15, -0.1) is 0 Å². The number of aliphatic carboxylic acids is 1. The number of anilines is 1. The number of benzene rings is 2. The lowest BCUT2D eigenvalue weighted by atomic mass is 9.96. The van der Waals surface area contributed by atoms with Crippen LogP contribution in [0.4, 0.5) is 10.5 Å². The fourth-order valence-corrected chi connectivity index (χ4v) is 2.98. The molecule has 0 spiro atoms. The van der Waals surface area contributed by atoms with Gasteiger partial charge in [-0.05, 0) is 42.5 Å². The van der Waals surface area contributed by atoms with Gasteiger partial charge in [0.1, 0.15) is 11.9 Å². The minimum atomic E-state index is -1.11. The minimum absolute atomic E-state index is 0.0600. The van der Waals surface area contributed by atoms with E-state index in [2.05, 4.69) is 37.2 Å². The van der Waals surface area contributed by atoms with Gasteiger partial charge in [0.25, 0.3) is 0 Å². The largest absolute Gasteiger partial charge is 0.508 e. The third-order valence-electron chi connectivity index (χ3n) is 3.64. The third-order valence-corrected chi connectivity index (χ3v) is 4.66. The van der Waals surface area contributed by atoms with Crippen LogP contribution >= 0.6 is 31.9 Å². The lowest BCUT2D eigenvalue weighted by molar-refractivity contribution is -0.131. The summed E-state index contributed by atoms with van der Waals surface area (Å²) in [6.07, 6.45) is 0.758. The zero-order valence-electron chi connectivity index (χ0n) is 14.2. The summed E-state index contributed by atoms with van der Waals surface area (Å²) in [4.78, 5) is 23.1. The number of rotatable bonds is 6. The third kappa shape index (κ3) is 6.41. The maximum atomic E-state index is 12.3. The van der Waals surface area contributed by atoms with Crippen molar-refractivity contribution in [2.45, 2.75) is 13.0 Å². The standard InChI is InChI=1S/C19H17Br2NO5/c1-11(2-9-17(24)25)18(15-10-13(21)5-8-16(15)23)27-19(26)22-14-6-3-12(20)4-7-14/h2-11,18,23H,1H3,(H,22,26)(H,24,25)/b9-2+/t11-,18-/m1/s1. The molecule has 0 fully saturated rings. The van der Waals surface area contributed by atoms with Crippen LogP contribution in [0.5, 0.6) is 5.75 Å². The zero-order chi connectivity index (χ0) is 20.0. The number of phenols is 1. The number of ether oxygens (including phenoxy) is 1. The van der Waals surface area contributed by atoms with E-state index >= 15 is 0 Å². The van der Waals surface area contributed by atoms with Gasteiger partial charge in [0.05, 0.1) is 0 Å². The van der Waals surface area contributed by atoms with Gasteiger partial charge < -0.3 is 14.9 Å². The van der Waals surface area contributed by atoms with Crippen molar-refractivity contribution in [3.63, 3.8) is 0 Å². The molecule has 0 saturated heterocycles. The van der Waals surface area contributed by atoms with Gasteiger partial charge in [-0.3, -0.25) is 5.32 Å². The topological polar surface area (TPSA) is 95.9 Å². The van der Waals surface area contributed by atoms with E-state index in [1.165, 1.54) is 12.1 Å². The van der Waals surface area contributed by atoms with E-state index in [1.54, 1.807) is 43.3 Å². The van der Waals surface area contributed by atoms with E-state index < -0.39 is 24.1 Å². The number of phenolic OH excluding ortho intramolecular Hbond substituents is 1. The summed E-state index contributed by atoms with van der Waals surface area (Å²) in [6, 6.07) is 11.7. The number of aromatic hydroxyl groups is 1. The van der Waals surface area contributed by atoms with Crippen molar-refractivity contribution in [3.05, 3.63) is 69.1 Å². The molecule has 2 rings (SSSR count). The molecule has 6 nitrogen and oxygen atoms in total. The number of carbonyl (C=O) groups is 2. The average molecular weight is 499 g/mol. The van der Waals surface area contributed by atoms with Crippen LogP contribution < -0.4 is 5.32 Å². The predicted octanol–water partition coefficient (Wildman–Crippen LogP) is 5.48. The molecule has 0 unspecified atom stereocenters. The van der Waals surface area contributed by atoms with E-state index in [1.807, 2.05) is 0 Å². The summed E-state index contributed by atoms with van der Waals surface area (Å²) in [5, 5.41) is 21.6. The van der Waals surface area contributed by atoms with Crippen molar-refractivity contribution in [2.24, 2.45) is 5.92 Å². The summed E-state index contributed by atoms with van der Waals surface area (Å²) in [5.41, 5.74) is 0.895. The summed E-state index contributed by atoms with van der Waals surface area (Å²) in [5.74, 6) is -1.68. The molecule has 3 N–H and O–H groups in total. The molecule has 0 heterocycles. The number of amides is 1. The quantitative estimate of drug-likeness (QED) is 0.458. The van der Waals surface area contributed by atoms with Crippen molar-refractivity contribution in [3.8, 4) is 5.75 Å². The molecule has 2 aromatic rings. The van der Waals surface area contributed by atoms with E-state index in [0.29, 0.717) is 15.7 Å². The Bertz CT molecular complexity index is 852. The van der Waals surface area contributed by atoms with Crippen LogP contribution in [-0.2, 0) is 9.53 Å². The normalized spacial score (nSPS) is 13.1. The van der Waals surface area contributed by atoms with Crippen LogP contribution in [0.3, 0.4) is 0 Å². The van der Waals surface area contributed by atoms with Gasteiger partial charge in [-0.2, -0.15) is 0 Å². The predicted molar refractivity (Wildman–Crippen MR) is 109 cm³/mol. The maximum absolute atomic E-state index is 12.3. The van der Waals surface area contributed by atoms with Crippen molar-refractivity contribution in [1.29, 1.82) is 0 Å². The summed E-state index contributed by atoms with van der Waals surface area (Å²) in [6.45, 7) is 1.69. The molecular formula is C19H17Br2NO5. The molecule has 0 aromatic heterocycles. The molecular weight excluding hydrogens is 482 g/mol. The number of hydrogen-bond donors (Lipinski definition) is 3. The van der Waals surface area contributed by atoms with E-state index in [-0.39, 0.29) is 5.75 Å². The van der Waals surface area contributed by atoms with Crippen LogP contribution in [-0.4, -0.2) is 22.3 Å². The fourth-order valence-electron chi connectivity index (χ4n) is 2.34. The van der Waals surface area contributed by atoms with Gasteiger partial charge in [0.2, 0.25) is 0 Å². The SMILES string of the molecule is C[C@H](/C=C/C(=O)O)[C@@H](OC(=O)Nc1ccc(Br)cc1)c1cc(Br)ccc1O. The number of carboxylic acid groups (broad SMARTS) is 1. The highest BCUT2D eigenvalue weighted by molar-refractivity contribution is 9.10. The van der Waals surface area contributed by atoms with Crippen molar-refractivity contribution >= 4 is 49.6 Å². The second-order valence-corrected chi connectivity index (χ2v) is 7.55. The van der Waals surface area contributed by atoms with Gasteiger partial charge in [-0.1, -0.05) is 44.9 Å². The van der Waals surface area contributed by atoms with E-state index in [9.17, 15) is 14.7 Å². The molecule has 142 valence electrons. The maximum Gasteiger partial charge on any atom is 0.412 e. The van der Waals surface area contributed by atoms with Crippen LogP contribution in [0.2, 0.25) is 0 Å². The summed E-state index contributed by atoms with van der Waals surface area (Å²) >= 11 is 6.63. The van der Waals surface area contributed by atoms with Gasteiger partial charge in [0, 0.05) is 32.2 Å². The molecule has 0 saturated carbocycles. The monoisotopic (exact) mass is 497 g/mol. The van der Waals surface area contributed by atoms with E-state index in [0.717, 1.165) is 10.5 Å². The Morgan fingerprint density at radius 3 is 2.37 bits per heavy atom.